The van der Waals surface area contributed by atoms with Crippen molar-refractivity contribution in [2.45, 2.75) is 12.5 Å². The van der Waals surface area contributed by atoms with Crippen molar-refractivity contribution in [1.82, 2.24) is 20.1 Å². The first-order valence-corrected chi connectivity index (χ1v) is 8.85. The molecule has 1 fully saturated rings. The summed E-state index contributed by atoms with van der Waals surface area (Å²) in [6.07, 6.45) is 4.18. The zero-order chi connectivity index (χ0) is 18.8. The molecule has 1 amide bonds. The van der Waals surface area contributed by atoms with Crippen molar-refractivity contribution in [3.63, 3.8) is 0 Å². The fraction of sp³-hybridized carbons (Fsp3) is 0.611. The monoisotopic (exact) mass is 364 g/mol. The topological polar surface area (TPSA) is 84.0 Å². The summed E-state index contributed by atoms with van der Waals surface area (Å²) < 4.78 is 9.94. The maximum atomic E-state index is 12.3. The Hall–Kier alpha value is -2.03. The van der Waals surface area contributed by atoms with E-state index in [1.807, 2.05) is 12.1 Å². The van der Waals surface area contributed by atoms with Gasteiger partial charge in [-0.05, 0) is 18.1 Å². The quantitative estimate of drug-likeness (QED) is 0.490. The SMILES string of the molecule is COCCCNC(=O)CN1CCN([C@H](C(=O)OC)c2cccnc2)CC1. The molecule has 1 atom stereocenters. The second kappa shape index (κ2) is 10.8. The van der Waals surface area contributed by atoms with Crippen molar-refractivity contribution in [1.29, 1.82) is 0 Å². The Kier molecular flexibility index (Phi) is 8.46. The third-order valence-corrected chi connectivity index (χ3v) is 4.41. The van der Waals surface area contributed by atoms with Gasteiger partial charge in [-0.2, -0.15) is 0 Å². The van der Waals surface area contributed by atoms with Crippen LogP contribution in [0, 0.1) is 0 Å². The average molecular weight is 364 g/mol. The highest BCUT2D eigenvalue weighted by molar-refractivity contribution is 5.78. The summed E-state index contributed by atoms with van der Waals surface area (Å²) in [4.78, 5) is 32.5. The van der Waals surface area contributed by atoms with Crippen LogP contribution in [-0.4, -0.2) is 86.8 Å². The van der Waals surface area contributed by atoms with Crippen molar-refractivity contribution >= 4 is 11.9 Å². The molecule has 1 aliphatic heterocycles. The molecule has 144 valence electrons. The molecule has 26 heavy (non-hydrogen) atoms. The number of nitrogens with one attached hydrogen (secondary N) is 1. The minimum absolute atomic E-state index is 0.0198. The minimum Gasteiger partial charge on any atom is -0.468 e. The molecular formula is C18H28N4O4. The van der Waals surface area contributed by atoms with Gasteiger partial charge in [-0.25, -0.2) is 4.79 Å². The summed E-state index contributed by atoms with van der Waals surface area (Å²) in [5.41, 5.74) is 0.823. The number of pyridine rings is 1. The first kappa shape index (κ1) is 20.3. The maximum Gasteiger partial charge on any atom is 0.327 e. The molecule has 1 aromatic heterocycles. The van der Waals surface area contributed by atoms with E-state index >= 15 is 0 Å². The molecule has 1 N–H and O–H groups in total. The Morgan fingerprint density at radius 2 is 2.04 bits per heavy atom. The fourth-order valence-electron chi connectivity index (χ4n) is 3.03. The van der Waals surface area contributed by atoms with Gasteiger partial charge >= 0.3 is 5.97 Å². The minimum atomic E-state index is -0.460. The van der Waals surface area contributed by atoms with Gasteiger partial charge in [0.1, 0.15) is 6.04 Å². The van der Waals surface area contributed by atoms with Crippen molar-refractivity contribution in [3.8, 4) is 0 Å². The first-order valence-electron chi connectivity index (χ1n) is 8.85. The van der Waals surface area contributed by atoms with Crippen LogP contribution in [0.2, 0.25) is 0 Å². The second-order valence-corrected chi connectivity index (χ2v) is 6.22. The number of methoxy groups -OCH3 is 2. The molecule has 1 aromatic rings. The van der Waals surface area contributed by atoms with Gasteiger partial charge in [-0.15, -0.1) is 0 Å². The van der Waals surface area contributed by atoms with E-state index in [-0.39, 0.29) is 11.9 Å². The predicted molar refractivity (Wildman–Crippen MR) is 96.5 cm³/mol. The largest absolute Gasteiger partial charge is 0.468 e. The second-order valence-electron chi connectivity index (χ2n) is 6.22. The van der Waals surface area contributed by atoms with E-state index in [0.29, 0.717) is 32.8 Å². The molecule has 2 rings (SSSR count). The molecule has 8 heteroatoms. The van der Waals surface area contributed by atoms with E-state index in [9.17, 15) is 9.59 Å². The number of nitrogens with zero attached hydrogens (tertiary/aromatic N) is 3. The summed E-state index contributed by atoms with van der Waals surface area (Å²) in [7, 11) is 3.05. The van der Waals surface area contributed by atoms with Gasteiger partial charge in [-0.1, -0.05) is 6.07 Å². The Morgan fingerprint density at radius 3 is 2.65 bits per heavy atom. The third kappa shape index (κ3) is 6.05. The van der Waals surface area contributed by atoms with Crippen LogP contribution in [0.25, 0.3) is 0 Å². The lowest BCUT2D eigenvalue weighted by Gasteiger charge is -2.37. The highest BCUT2D eigenvalue weighted by Crippen LogP contribution is 2.22. The van der Waals surface area contributed by atoms with E-state index in [4.69, 9.17) is 9.47 Å². The molecule has 0 aliphatic carbocycles. The molecule has 2 heterocycles. The van der Waals surface area contributed by atoms with E-state index in [2.05, 4.69) is 20.1 Å². The van der Waals surface area contributed by atoms with Crippen LogP contribution in [-0.2, 0) is 19.1 Å². The first-order chi connectivity index (χ1) is 12.7. The van der Waals surface area contributed by atoms with Crippen molar-refractivity contribution in [2.24, 2.45) is 0 Å². The van der Waals surface area contributed by atoms with Gasteiger partial charge in [0.2, 0.25) is 5.91 Å². The number of amides is 1. The van der Waals surface area contributed by atoms with Gasteiger partial charge in [0.25, 0.3) is 0 Å². The molecule has 0 aromatic carbocycles. The summed E-state index contributed by atoms with van der Waals surface area (Å²) >= 11 is 0. The van der Waals surface area contributed by atoms with Gasteiger partial charge in [0.05, 0.1) is 13.7 Å². The number of hydrogen-bond donors (Lipinski definition) is 1. The predicted octanol–water partition coefficient (Wildman–Crippen LogP) is 0.0660. The van der Waals surface area contributed by atoms with Crippen LogP contribution in [0.1, 0.15) is 18.0 Å². The van der Waals surface area contributed by atoms with Crippen molar-refractivity contribution in [3.05, 3.63) is 30.1 Å². The van der Waals surface area contributed by atoms with E-state index in [0.717, 1.165) is 25.1 Å². The van der Waals surface area contributed by atoms with E-state index < -0.39 is 6.04 Å². The van der Waals surface area contributed by atoms with E-state index in [1.54, 1.807) is 19.5 Å². The number of hydrogen-bond acceptors (Lipinski definition) is 7. The van der Waals surface area contributed by atoms with Crippen LogP contribution in [0.15, 0.2) is 24.5 Å². The van der Waals surface area contributed by atoms with Crippen LogP contribution in [0.4, 0.5) is 0 Å². The Bertz CT molecular complexity index is 562. The van der Waals surface area contributed by atoms with Gasteiger partial charge in [-0.3, -0.25) is 19.6 Å². The van der Waals surface area contributed by atoms with Gasteiger partial charge in [0.15, 0.2) is 0 Å². The number of carbonyl (C=O) groups is 2. The molecule has 0 spiro atoms. The molecule has 1 saturated heterocycles. The molecule has 0 saturated carbocycles. The molecule has 0 bridgehead atoms. The number of carbonyl (C=O) groups excluding carboxylic acids is 2. The Labute approximate surface area is 154 Å². The normalized spacial score (nSPS) is 16.8. The molecule has 0 unspecified atom stereocenters. The lowest BCUT2D eigenvalue weighted by atomic mass is 10.1. The molecule has 1 aliphatic rings. The van der Waals surface area contributed by atoms with Gasteiger partial charge < -0.3 is 14.8 Å². The highest BCUT2D eigenvalue weighted by Gasteiger charge is 2.31. The summed E-state index contributed by atoms with van der Waals surface area (Å²) in [6.45, 7) is 4.45. The summed E-state index contributed by atoms with van der Waals surface area (Å²) in [5.74, 6) is -0.270. The number of piperazine rings is 1. The number of rotatable bonds is 9. The van der Waals surface area contributed by atoms with Gasteiger partial charge in [0, 0.05) is 58.8 Å². The molecule has 0 radical (unpaired) electrons. The molecular weight excluding hydrogens is 336 g/mol. The zero-order valence-electron chi connectivity index (χ0n) is 15.5. The smallest absolute Gasteiger partial charge is 0.327 e. The average Bonchev–Trinajstić information content (AvgIpc) is 2.67. The Balaban J connectivity index is 1.84. The fourth-order valence-corrected chi connectivity index (χ4v) is 3.03. The van der Waals surface area contributed by atoms with E-state index in [1.165, 1.54) is 7.11 Å². The number of ether oxygens (including phenoxy) is 2. The Morgan fingerprint density at radius 1 is 1.27 bits per heavy atom. The third-order valence-electron chi connectivity index (χ3n) is 4.41. The molecule has 8 nitrogen and oxygen atoms in total. The standard InChI is InChI=1S/C18H28N4O4/c1-25-12-4-7-20-16(23)14-21-8-10-22(11-9-21)17(18(24)26-2)15-5-3-6-19-13-15/h3,5-6,13,17H,4,7-12,14H2,1-2H3,(H,20,23)/t17-/m0/s1. The number of esters is 1. The zero-order valence-corrected chi connectivity index (χ0v) is 15.5. The summed E-state index contributed by atoms with van der Waals surface area (Å²) in [5, 5.41) is 2.90. The van der Waals surface area contributed by atoms with Crippen LogP contribution in [0.5, 0.6) is 0 Å². The maximum absolute atomic E-state index is 12.3. The number of aromatic nitrogens is 1. The lowest BCUT2D eigenvalue weighted by Crippen LogP contribution is -2.51. The van der Waals surface area contributed by atoms with Crippen molar-refractivity contribution < 1.29 is 19.1 Å². The van der Waals surface area contributed by atoms with Crippen molar-refractivity contribution in [2.75, 3.05) is 60.1 Å². The highest BCUT2D eigenvalue weighted by atomic mass is 16.5. The van der Waals surface area contributed by atoms with Crippen LogP contribution < -0.4 is 5.32 Å². The van der Waals surface area contributed by atoms with Crippen LogP contribution in [0.3, 0.4) is 0 Å². The lowest BCUT2D eigenvalue weighted by molar-refractivity contribution is -0.148. The summed E-state index contributed by atoms with van der Waals surface area (Å²) in [6, 6.07) is 3.24. The van der Waals surface area contributed by atoms with Crippen LogP contribution >= 0.6 is 0 Å².